The Balaban J connectivity index is 0.00000256. The Morgan fingerprint density at radius 2 is 2.07 bits per heavy atom. The number of carbonyl (C=O) groups excluding carboxylic acids is 1. The van der Waals surface area contributed by atoms with Crippen molar-refractivity contribution in [1.82, 2.24) is 19.8 Å². The lowest BCUT2D eigenvalue weighted by Crippen LogP contribution is -2.48. The number of hydrogen-bond donors (Lipinski definition) is 1. The van der Waals surface area contributed by atoms with Gasteiger partial charge in [-0.15, -0.1) is 24.0 Å². The van der Waals surface area contributed by atoms with E-state index in [0.717, 1.165) is 44.1 Å². The van der Waals surface area contributed by atoms with Gasteiger partial charge in [-0.05, 0) is 36.5 Å². The van der Waals surface area contributed by atoms with Crippen LogP contribution in [-0.2, 0) is 11.3 Å². The van der Waals surface area contributed by atoms with Gasteiger partial charge in [-0.2, -0.15) is 0 Å². The number of nitrogens with one attached hydrogen (secondary N) is 1. The number of anilines is 1. The van der Waals surface area contributed by atoms with Crippen LogP contribution in [0.4, 0.5) is 5.69 Å². The molecule has 0 bridgehead atoms. The predicted molar refractivity (Wildman–Crippen MR) is 130 cm³/mol. The van der Waals surface area contributed by atoms with E-state index in [9.17, 15) is 4.79 Å². The topological polar surface area (TPSA) is 65.8 Å². The molecule has 1 aromatic heterocycles. The van der Waals surface area contributed by atoms with E-state index < -0.39 is 0 Å². The highest BCUT2D eigenvalue weighted by atomic mass is 127. The minimum atomic E-state index is 0. The quantitative estimate of drug-likeness (QED) is 0.381. The van der Waals surface area contributed by atoms with Gasteiger partial charge >= 0.3 is 0 Å². The van der Waals surface area contributed by atoms with Crippen LogP contribution in [0.3, 0.4) is 0 Å². The number of halogens is 1. The lowest BCUT2D eigenvalue weighted by atomic mass is 9.93. The van der Waals surface area contributed by atoms with Gasteiger partial charge in [0, 0.05) is 57.7 Å². The number of hydrogen-bond acceptors (Lipinski definition) is 3. The maximum absolute atomic E-state index is 11.9. The van der Waals surface area contributed by atoms with Crippen LogP contribution < -0.4 is 10.2 Å². The first-order chi connectivity index (χ1) is 14.2. The minimum absolute atomic E-state index is 0. The molecule has 2 aliphatic heterocycles. The van der Waals surface area contributed by atoms with Crippen LogP contribution in [0.2, 0.25) is 0 Å². The summed E-state index contributed by atoms with van der Waals surface area (Å²) in [7, 11) is 1.84. The Bertz CT molecular complexity index is 851. The smallest absolute Gasteiger partial charge is 0.227 e. The molecule has 3 heterocycles. The van der Waals surface area contributed by atoms with Crippen LogP contribution in [-0.4, -0.2) is 53.0 Å². The predicted octanol–water partition coefficient (Wildman–Crippen LogP) is 3.29. The molecule has 2 atom stereocenters. The van der Waals surface area contributed by atoms with Gasteiger partial charge in [-0.25, -0.2) is 4.98 Å². The van der Waals surface area contributed by atoms with E-state index in [1.54, 1.807) is 0 Å². The summed E-state index contributed by atoms with van der Waals surface area (Å²) in [6.45, 7) is 5.78. The summed E-state index contributed by atoms with van der Waals surface area (Å²) in [6, 6.07) is 8.67. The molecule has 1 amide bonds. The highest BCUT2D eigenvalue weighted by Gasteiger charge is 2.29. The van der Waals surface area contributed by atoms with E-state index in [1.165, 1.54) is 5.56 Å². The molecule has 2 saturated heterocycles. The molecule has 0 saturated carbocycles. The molecule has 8 heteroatoms. The molecule has 30 heavy (non-hydrogen) atoms. The lowest BCUT2D eigenvalue weighted by molar-refractivity contribution is -0.117. The largest absolute Gasteiger partial charge is 0.352 e. The van der Waals surface area contributed by atoms with Crippen LogP contribution >= 0.6 is 24.0 Å². The maximum Gasteiger partial charge on any atom is 0.227 e. The normalized spacial score (nSPS) is 22.2. The number of aliphatic imine (C=N–C) groups is 1. The summed E-state index contributed by atoms with van der Waals surface area (Å²) in [6.07, 6.45) is 8.54. The van der Waals surface area contributed by atoms with Crippen molar-refractivity contribution in [1.29, 1.82) is 0 Å². The number of carbonyl (C=O) groups is 1. The third-order valence-electron chi connectivity index (χ3n) is 6.11. The molecular formula is C22H31IN6O. The van der Waals surface area contributed by atoms with Crippen LogP contribution in [0.1, 0.15) is 37.8 Å². The van der Waals surface area contributed by atoms with Gasteiger partial charge in [-0.3, -0.25) is 9.79 Å². The molecule has 0 spiro atoms. The molecule has 0 radical (unpaired) electrons. The summed E-state index contributed by atoms with van der Waals surface area (Å²) in [5.41, 5.74) is 2.17. The average molecular weight is 522 g/mol. The van der Waals surface area contributed by atoms with Crippen molar-refractivity contribution in [3.8, 4) is 0 Å². The summed E-state index contributed by atoms with van der Waals surface area (Å²) >= 11 is 0. The van der Waals surface area contributed by atoms with Gasteiger partial charge in [0.15, 0.2) is 5.96 Å². The zero-order valence-corrected chi connectivity index (χ0v) is 20.0. The SMILES string of the molecule is CN=C(NCc1ccc(N2CCCC2=O)cc1)N1CCC(C)C(n2ccnc2)C1.I. The molecule has 2 fully saturated rings. The fourth-order valence-electron chi connectivity index (χ4n) is 4.32. The molecule has 1 N–H and O–H groups in total. The van der Waals surface area contributed by atoms with E-state index in [2.05, 4.69) is 43.8 Å². The first kappa shape index (κ1) is 22.6. The second-order valence-corrected chi connectivity index (χ2v) is 8.01. The van der Waals surface area contributed by atoms with E-state index in [0.29, 0.717) is 24.9 Å². The molecule has 2 aliphatic rings. The van der Waals surface area contributed by atoms with Gasteiger partial charge in [0.1, 0.15) is 0 Å². The van der Waals surface area contributed by atoms with Crippen molar-refractivity contribution in [3.63, 3.8) is 0 Å². The number of nitrogens with zero attached hydrogens (tertiary/aromatic N) is 5. The highest BCUT2D eigenvalue weighted by Crippen LogP contribution is 2.27. The Morgan fingerprint density at radius 1 is 1.27 bits per heavy atom. The molecule has 4 rings (SSSR count). The molecule has 2 aromatic rings. The van der Waals surface area contributed by atoms with Crippen LogP contribution in [0, 0.1) is 5.92 Å². The van der Waals surface area contributed by atoms with E-state index in [-0.39, 0.29) is 29.9 Å². The van der Waals surface area contributed by atoms with Gasteiger partial charge in [0.2, 0.25) is 5.91 Å². The summed E-state index contributed by atoms with van der Waals surface area (Å²) in [4.78, 5) is 24.8. The number of amides is 1. The van der Waals surface area contributed by atoms with Gasteiger partial charge in [-0.1, -0.05) is 19.1 Å². The summed E-state index contributed by atoms with van der Waals surface area (Å²) in [5.74, 6) is 1.77. The van der Waals surface area contributed by atoms with Crippen molar-refractivity contribution in [2.75, 3.05) is 31.6 Å². The molecule has 162 valence electrons. The Labute approximate surface area is 195 Å². The number of likely N-dealkylation sites (tertiary alicyclic amines) is 1. The average Bonchev–Trinajstić information content (AvgIpc) is 3.42. The molecule has 2 unspecified atom stereocenters. The summed E-state index contributed by atoms with van der Waals surface area (Å²) < 4.78 is 2.21. The van der Waals surface area contributed by atoms with Gasteiger partial charge < -0.3 is 19.7 Å². The number of guanidine groups is 1. The van der Waals surface area contributed by atoms with Crippen LogP contribution in [0.15, 0.2) is 48.0 Å². The standard InChI is InChI=1S/C22H30N6O.HI/c1-17-9-12-26(15-20(17)27-13-10-24-16-27)22(23-2)25-14-18-5-7-19(8-6-18)28-11-3-4-21(28)29;/h5-8,10,13,16-17,20H,3-4,9,11-12,14-15H2,1-2H3,(H,23,25);1H. The first-order valence-corrected chi connectivity index (χ1v) is 10.5. The molecule has 0 aliphatic carbocycles. The van der Waals surface area contributed by atoms with Crippen molar-refractivity contribution in [2.24, 2.45) is 10.9 Å². The monoisotopic (exact) mass is 522 g/mol. The molecule has 7 nitrogen and oxygen atoms in total. The van der Waals surface area contributed by atoms with Crippen molar-refractivity contribution < 1.29 is 4.79 Å². The summed E-state index contributed by atoms with van der Waals surface area (Å²) in [5, 5.41) is 3.50. The molecular weight excluding hydrogens is 491 g/mol. The van der Waals surface area contributed by atoms with E-state index in [1.807, 2.05) is 42.8 Å². The fourth-order valence-corrected chi connectivity index (χ4v) is 4.32. The Hall–Kier alpha value is -2.10. The third kappa shape index (κ3) is 4.96. The second-order valence-electron chi connectivity index (χ2n) is 8.01. The third-order valence-corrected chi connectivity index (χ3v) is 6.11. The Morgan fingerprint density at radius 3 is 2.70 bits per heavy atom. The number of benzene rings is 1. The van der Waals surface area contributed by atoms with Crippen LogP contribution in [0.5, 0.6) is 0 Å². The maximum atomic E-state index is 11.9. The van der Waals surface area contributed by atoms with E-state index in [4.69, 9.17) is 0 Å². The van der Waals surface area contributed by atoms with Crippen molar-refractivity contribution in [3.05, 3.63) is 48.5 Å². The first-order valence-electron chi connectivity index (χ1n) is 10.5. The lowest BCUT2D eigenvalue weighted by Gasteiger charge is -2.39. The zero-order valence-electron chi connectivity index (χ0n) is 17.7. The number of piperidine rings is 1. The second kappa shape index (κ2) is 10.3. The fraction of sp³-hybridized carbons (Fsp3) is 0.500. The zero-order chi connectivity index (χ0) is 20.2. The number of rotatable bonds is 4. The Kier molecular flexibility index (Phi) is 7.74. The van der Waals surface area contributed by atoms with E-state index >= 15 is 0 Å². The van der Waals surface area contributed by atoms with Crippen molar-refractivity contribution in [2.45, 2.75) is 38.8 Å². The molecule has 1 aromatic carbocycles. The number of aromatic nitrogens is 2. The minimum Gasteiger partial charge on any atom is -0.352 e. The number of imidazole rings is 1. The highest BCUT2D eigenvalue weighted by molar-refractivity contribution is 14.0. The van der Waals surface area contributed by atoms with Crippen molar-refractivity contribution >= 4 is 41.5 Å². The van der Waals surface area contributed by atoms with Crippen LogP contribution in [0.25, 0.3) is 0 Å². The van der Waals surface area contributed by atoms with Gasteiger partial charge in [0.25, 0.3) is 0 Å². The van der Waals surface area contributed by atoms with Gasteiger partial charge in [0.05, 0.1) is 12.4 Å².